The first-order chi connectivity index (χ1) is 11.4. The van der Waals surface area contributed by atoms with Crippen LogP contribution >= 0.6 is 0 Å². The largest absolute Gasteiger partial charge is 0.514 e. The number of phenolic OH excluding ortho intramolecular Hbond substituents is 1. The molecule has 1 aromatic carbocycles. The van der Waals surface area contributed by atoms with Gasteiger partial charge in [-0.25, -0.2) is 15.0 Å². The molecule has 8 nitrogen and oxygen atoms in total. The molecule has 138 valence electrons. The van der Waals surface area contributed by atoms with Crippen LogP contribution < -0.4 is 10.2 Å². The summed E-state index contributed by atoms with van der Waals surface area (Å²) in [5.41, 5.74) is 1.05. The Hall–Kier alpha value is -2.77. The summed E-state index contributed by atoms with van der Waals surface area (Å²) in [5.74, 6) is -0.404. The molecule has 25 heavy (non-hydrogen) atoms. The van der Waals surface area contributed by atoms with Crippen LogP contribution in [-0.4, -0.2) is 34.8 Å². The molecule has 0 heterocycles. The van der Waals surface area contributed by atoms with Crippen molar-refractivity contribution in [1.29, 1.82) is 0 Å². The summed E-state index contributed by atoms with van der Waals surface area (Å²) in [5, 5.41) is 13.6. The first kappa shape index (κ1) is 20.3. The Labute approximate surface area is 146 Å². The van der Waals surface area contributed by atoms with Gasteiger partial charge in [0.2, 0.25) is 0 Å². The van der Waals surface area contributed by atoms with Crippen molar-refractivity contribution in [2.24, 2.45) is 5.10 Å². The number of hydrogen-bond donors (Lipinski definition) is 2. The number of nitrogens with zero attached hydrogens (tertiary/aromatic N) is 1. The van der Waals surface area contributed by atoms with Crippen LogP contribution in [0.2, 0.25) is 0 Å². The summed E-state index contributed by atoms with van der Waals surface area (Å²) < 4.78 is 15.1. The highest BCUT2D eigenvalue weighted by molar-refractivity contribution is 5.87. The molecule has 2 N–H and O–H groups in total. The normalized spacial score (nSPS) is 11.9. The van der Waals surface area contributed by atoms with Crippen molar-refractivity contribution in [3.63, 3.8) is 0 Å². The third-order valence-corrected chi connectivity index (χ3v) is 2.36. The molecule has 0 atom stereocenters. The lowest BCUT2D eigenvalue weighted by atomic mass is 10.2. The molecule has 0 spiro atoms. The first-order valence-corrected chi connectivity index (χ1v) is 7.62. The van der Waals surface area contributed by atoms with Gasteiger partial charge in [-0.05, 0) is 53.7 Å². The highest BCUT2D eigenvalue weighted by Gasteiger charge is 2.21. The number of hydrogen-bond acceptors (Lipinski definition) is 7. The molecule has 1 amide bonds. The lowest BCUT2D eigenvalue weighted by Crippen LogP contribution is -2.29. The number of carbonyl (C=O) groups excluding carboxylic acids is 2. The number of para-hydroxylation sites is 1. The Bertz CT molecular complexity index is 656. The van der Waals surface area contributed by atoms with Gasteiger partial charge in [0, 0.05) is 5.56 Å². The van der Waals surface area contributed by atoms with Gasteiger partial charge in [-0.15, -0.1) is 0 Å². The second kappa shape index (κ2) is 7.87. The Balaban J connectivity index is 2.84. The molecule has 0 radical (unpaired) electrons. The van der Waals surface area contributed by atoms with E-state index in [9.17, 15) is 14.7 Å². The average Bonchev–Trinajstić information content (AvgIpc) is 2.38. The smallest absolute Gasteiger partial charge is 0.504 e. The predicted octanol–water partition coefficient (Wildman–Crippen LogP) is 3.56. The molecule has 0 unspecified atom stereocenters. The lowest BCUT2D eigenvalue weighted by molar-refractivity contribution is 0.0200. The molecular formula is C17H24N2O6. The van der Waals surface area contributed by atoms with E-state index in [1.54, 1.807) is 47.6 Å². The minimum atomic E-state index is -0.969. The van der Waals surface area contributed by atoms with Crippen LogP contribution in [0.25, 0.3) is 0 Å². The zero-order valence-electron chi connectivity index (χ0n) is 15.2. The maximum atomic E-state index is 11.8. The molecule has 0 bridgehead atoms. The fourth-order valence-corrected chi connectivity index (χ4v) is 1.56. The number of amides is 1. The molecule has 1 aromatic rings. The molecule has 0 aliphatic rings. The van der Waals surface area contributed by atoms with Gasteiger partial charge in [-0.2, -0.15) is 5.10 Å². The van der Waals surface area contributed by atoms with E-state index in [0.29, 0.717) is 0 Å². The highest BCUT2D eigenvalue weighted by Crippen LogP contribution is 2.29. The maximum absolute atomic E-state index is 11.8. The Morgan fingerprint density at radius 3 is 2.24 bits per heavy atom. The first-order valence-electron chi connectivity index (χ1n) is 7.62. The number of hydrazone groups is 1. The summed E-state index contributed by atoms with van der Waals surface area (Å²) >= 11 is 0. The van der Waals surface area contributed by atoms with Crippen molar-refractivity contribution in [1.82, 2.24) is 5.43 Å². The van der Waals surface area contributed by atoms with Crippen LogP contribution in [-0.2, 0) is 9.47 Å². The predicted molar refractivity (Wildman–Crippen MR) is 91.9 cm³/mol. The standard InChI is InChI=1S/C17H24N2O6/c1-16(2,3)24-14(21)19-18-10-11-8-7-9-12(20)13(11)23-15(22)25-17(4,5)6/h7-10,20H,1-6H3,(H,19,21)/b18-10+. The van der Waals surface area contributed by atoms with Crippen LogP contribution in [0, 0.1) is 0 Å². The van der Waals surface area contributed by atoms with Crippen LogP contribution in [0.4, 0.5) is 9.59 Å². The zero-order chi connectivity index (χ0) is 19.3. The van der Waals surface area contributed by atoms with Crippen molar-refractivity contribution in [3.05, 3.63) is 23.8 Å². The Kier molecular flexibility index (Phi) is 6.38. The van der Waals surface area contributed by atoms with Crippen molar-refractivity contribution < 1.29 is 28.9 Å². The number of nitrogens with one attached hydrogen (secondary N) is 1. The molecule has 0 saturated carbocycles. The number of rotatable bonds is 3. The number of phenols is 1. The lowest BCUT2D eigenvalue weighted by Gasteiger charge is -2.19. The monoisotopic (exact) mass is 352 g/mol. The van der Waals surface area contributed by atoms with E-state index in [2.05, 4.69) is 10.5 Å². The SMILES string of the molecule is CC(C)(C)OC(=O)N/N=C/c1cccc(O)c1OC(=O)OC(C)(C)C. The average molecular weight is 352 g/mol. The second-order valence-corrected chi connectivity index (χ2v) is 7.13. The van der Waals surface area contributed by atoms with E-state index in [0.717, 1.165) is 0 Å². The second-order valence-electron chi connectivity index (χ2n) is 7.13. The van der Waals surface area contributed by atoms with Crippen molar-refractivity contribution in [2.45, 2.75) is 52.7 Å². The maximum Gasteiger partial charge on any atom is 0.514 e. The highest BCUT2D eigenvalue weighted by atomic mass is 16.7. The van der Waals surface area contributed by atoms with Crippen LogP contribution in [0.1, 0.15) is 47.1 Å². The molecule has 0 saturated heterocycles. The molecule has 0 aliphatic carbocycles. The van der Waals surface area contributed by atoms with Gasteiger partial charge >= 0.3 is 12.2 Å². The fourth-order valence-electron chi connectivity index (χ4n) is 1.56. The van der Waals surface area contributed by atoms with Crippen molar-refractivity contribution >= 4 is 18.5 Å². The zero-order valence-corrected chi connectivity index (χ0v) is 15.2. The van der Waals surface area contributed by atoms with Crippen LogP contribution in [0.5, 0.6) is 11.5 Å². The van der Waals surface area contributed by atoms with Crippen LogP contribution in [0.15, 0.2) is 23.3 Å². The minimum absolute atomic E-state index is 0.133. The molecule has 0 aromatic heterocycles. The van der Waals surface area contributed by atoms with E-state index in [1.165, 1.54) is 18.3 Å². The van der Waals surface area contributed by atoms with E-state index in [-0.39, 0.29) is 17.1 Å². The topological polar surface area (TPSA) is 106 Å². The quantitative estimate of drug-likeness (QED) is 0.373. The minimum Gasteiger partial charge on any atom is -0.504 e. The Morgan fingerprint density at radius 2 is 1.68 bits per heavy atom. The van der Waals surface area contributed by atoms with Gasteiger partial charge < -0.3 is 19.3 Å². The van der Waals surface area contributed by atoms with Gasteiger partial charge in [0.25, 0.3) is 0 Å². The Morgan fingerprint density at radius 1 is 1.08 bits per heavy atom. The third kappa shape index (κ3) is 8.05. The van der Waals surface area contributed by atoms with Crippen molar-refractivity contribution in [3.8, 4) is 11.5 Å². The molecule has 0 fully saturated rings. The summed E-state index contributed by atoms with van der Waals surface area (Å²) in [6, 6.07) is 4.42. The van der Waals surface area contributed by atoms with Gasteiger partial charge in [-0.3, -0.25) is 0 Å². The molecule has 8 heteroatoms. The van der Waals surface area contributed by atoms with Crippen LogP contribution in [0.3, 0.4) is 0 Å². The molecule has 0 aliphatic heterocycles. The van der Waals surface area contributed by atoms with E-state index >= 15 is 0 Å². The summed E-state index contributed by atoms with van der Waals surface area (Å²) in [7, 11) is 0. The van der Waals surface area contributed by atoms with Gasteiger partial charge in [0.05, 0.1) is 6.21 Å². The molecule has 1 rings (SSSR count). The number of benzene rings is 1. The summed E-state index contributed by atoms with van der Waals surface area (Å²) in [6.07, 6.45) is -0.495. The van der Waals surface area contributed by atoms with Gasteiger partial charge in [-0.1, -0.05) is 6.07 Å². The van der Waals surface area contributed by atoms with Crippen molar-refractivity contribution in [2.75, 3.05) is 0 Å². The van der Waals surface area contributed by atoms with E-state index in [4.69, 9.17) is 14.2 Å². The van der Waals surface area contributed by atoms with Gasteiger partial charge in [0.15, 0.2) is 11.5 Å². The third-order valence-electron chi connectivity index (χ3n) is 2.36. The fraction of sp³-hybridized carbons (Fsp3) is 0.471. The molecular weight excluding hydrogens is 328 g/mol. The van der Waals surface area contributed by atoms with Gasteiger partial charge in [0.1, 0.15) is 11.2 Å². The number of carbonyl (C=O) groups is 2. The summed E-state index contributed by atoms with van der Waals surface area (Å²) in [4.78, 5) is 23.3. The summed E-state index contributed by atoms with van der Waals surface area (Å²) in [6.45, 7) is 10.2. The van der Waals surface area contributed by atoms with E-state index in [1.807, 2.05) is 0 Å². The van der Waals surface area contributed by atoms with E-state index < -0.39 is 23.5 Å². The number of aromatic hydroxyl groups is 1. The number of ether oxygens (including phenoxy) is 3.